The number of ether oxygens (including phenoxy) is 3. The molecular weight excluding hydrogens is 426 g/mol. The highest BCUT2D eigenvalue weighted by Crippen LogP contribution is 2.35. The van der Waals surface area contributed by atoms with Gasteiger partial charge in [-0.3, -0.25) is 9.80 Å². The molecule has 3 rings (SSSR count). The first kappa shape index (κ1) is 24.9. The lowest BCUT2D eigenvalue weighted by molar-refractivity contribution is 0.00753. The molecule has 2 aromatic heterocycles. The van der Waals surface area contributed by atoms with Crippen LogP contribution in [0.5, 0.6) is 5.75 Å². The third kappa shape index (κ3) is 6.41. The van der Waals surface area contributed by atoms with Gasteiger partial charge in [0.25, 0.3) is 0 Å². The van der Waals surface area contributed by atoms with Gasteiger partial charge in [-0.2, -0.15) is 0 Å². The van der Waals surface area contributed by atoms with E-state index in [1.807, 2.05) is 26.8 Å². The average Bonchev–Trinajstić information content (AvgIpc) is 3.18. The summed E-state index contributed by atoms with van der Waals surface area (Å²) in [4.78, 5) is 23.7. The van der Waals surface area contributed by atoms with Crippen molar-refractivity contribution in [1.82, 2.24) is 14.8 Å². The van der Waals surface area contributed by atoms with E-state index < -0.39 is 5.60 Å². The Morgan fingerprint density at radius 3 is 2.31 bits per heavy atom. The number of aromatic nitrogens is 1. The molecule has 2 aromatic rings. The lowest BCUT2D eigenvalue weighted by Gasteiger charge is -2.34. The number of pyridine rings is 1. The van der Waals surface area contributed by atoms with Gasteiger partial charge in [0.05, 0.1) is 12.3 Å². The fourth-order valence-electron chi connectivity index (χ4n) is 3.84. The molecule has 0 radical (unpaired) electrons. The van der Waals surface area contributed by atoms with Gasteiger partial charge in [-0.1, -0.05) is 6.92 Å². The van der Waals surface area contributed by atoms with Crippen molar-refractivity contribution in [3.8, 4) is 5.75 Å². The summed E-state index contributed by atoms with van der Waals surface area (Å²) in [5.74, 6) is 0.553. The maximum absolute atomic E-state index is 12.5. The molecule has 3 heterocycles. The number of aryl methyl sites for hydroxylation is 2. The number of hydrogen-bond donors (Lipinski definition) is 0. The summed E-state index contributed by atoms with van der Waals surface area (Å²) in [6.07, 6.45) is 0.782. The number of carbonyl (C=O) groups excluding carboxylic acids is 1. The summed E-state index contributed by atoms with van der Waals surface area (Å²) in [5, 5.41) is 0.967. The monoisotopic (exact) mass is 463 g/mol. The molecule has 0 aromatic carbocycles. The first-order valence-corrected chi connectivity index (χ1v) is 12.3. The molecular formula is C24H37N3O4S. The van der Waals surface area contributed by atoms with Crippen LogP contribution in [0.1, 0.15) is 48.6 Å². The molecule has 8 heteroatoms. The maximum atomic E-state index is 12.5. The molecule has 0 aliphatic carbocycles. The fourth-order valence-corrected chi connectivity index (χ4v) is 4.83. The Morgan fingerprint density at radius 1 is 1.12 bits per heavy atom. The number of fused-ring (bicyclic) bond motifs is 1. The van der Waals surface area contributed by atoms with Crippen molar-refractivity contribution in [2.75, 3.05) is 59.6 Å². The number of carbonyl (C=O) groups is 1. The van der Waals surface area contributed by atoms with Crippen molar-refractivity contribution in [2.24, 2.45) is 0 Å². The molecule has 1 aliphatic rings. The Bertz CT molecular complexity index is 914. The Labute approximate surface area is 195 Å². The first-order valence-electron chi connectivity index (χ1n) is 11.4. The van der Waals surface area contributed by atoms with Crippen molar-refractivity contribution in [2.45, 2.75) is 46.6 Å². The van der Waals surface area contributed by atoms with Gasteiger partial charge in [0, 0.05) is 57.3 Å². The van der Waals surface area contributed by atoms with E-state index in [0.717, 1.165) is 79.5 Å². The Hall–Kier alpha value is -1.74. The molecule has 7 nitrogen and oxygen atoms in total. The summed E-state index contributed by atoms with van der Waals surface area (Å²) in [7, 11) is 1.75. The molecule has 0 unspecified atom stereocenters. The lowest BCUT2D eigenvalue weighted by Crippen LogP contribution is -2.48. The van der Waals surface area contributed by atoms with Crippen molar-refractivity contribution in [3.05, 3.63) is 22.2 Å². The molecule has 178 valence electrons. The van der Waals surface area contributed by atoms with Gasteiger partial charge < -0.3 is 14.2 Å². The van der Waals surface area contributed by atoms with Crippen LogP contribution in [0.15, 0.2) is 6.07 Å². The van der Waals surface area contributed by atoms with E-state index in [2.05, 4.69) is 23.6 Å². The predicted molar refractivity (Wildman–Crippen MR) is 129 cm³/mol. The fraction of sp³-hybridized carbons (Fsp3) is 0.667. The quantitative estimate of drug-likeness (QED) is 0.525. The normalized spacial score (nSPS) is 15.9. The van der Waals surface area contributed by atoms with Crippen molar-refractivity contribution < 1.29 is 19.0 Å². The van der Waals surface area contributed by atoms with Crippen molar-refractivity contribution >= 4 is 27.5 Å². The van der Waals surface area contributed by atoms with E-state index in [1.165, 1.54) is 11.3 Å². The third-order valence-electron chi connectivity index (χ3n) is 5.62. The lowest BCUT2D eigenvalue weighted by atomic mass is 10.1. The van der Waals surface area contributed by atoms with Gasteiger partial charge >= 0.3 is 5.97 Å². The zero-order valence-electron chi connectivity index (χ0n) is 20.3. The predicted octanol–water partition coefficient (Wildman–Crippen LogP) is 3.77. The average molecular weight is 464 g/mol. The van der Waals surface area contributed by atoms with Crippen LogP contribution in [0.25, 0.3) is 10.2 Å². The summed E-state index contributed by atoms with van der Waals surface area (Å²) in [6, 6.07) is 1.89. The van der Waals surface area contributed by atoms with E-state index in [0.29, 0.717) is 11.5 Å². The van der Waals surface area contributed by atoms with E-state index in [4.69, 9.17) is 19.2 Å². The number of rotatable bonds is 9. The molecule has 1 saturated heterocycles. The molecule has 0 bridgehead atoms. The first-order chi connectivity index (χ1) is 15.2. The highest BCUT2D eigenvalue weighted by molar-refractivity contribution is 7.20. The number of esters is 1. The molecule has 1 aliphatic heterocycles. The van der Waals surface area contributed by atoms with E-state index in [-0.39, 0.29) is 5.97 Å². The number of piperazine rings is 1. The second kappa shape index (κ2) is 10.9. The van der Waals surface area contributed by atoms with Gasteiger partial charge in [-0.15, -0.1) is 11.3 Å². The smallest absolute Gasteiger partial charge is 0.348 e. The minimum Gasteiger partial charge on any atom is -0.490 e. The molecule has 0 amide bonds. The van der Waals surface area contributed by atoms with Gasteiger partial charge in [0.2, 0.25) is 0 Å². The molecule has 0 spiro atoms. The summed E-state index contributed by atoms with van der Waals surface area (Å²) in [6.45, 7) is 17.3. The zero-order chi connectivity index (χ0) is 23.3. The van der Waals surface area contributed by atoms with Crippen LogP contribution in [0, 0.1) is 6.92 Å². The number of nitrogens with zero attached hydrogens (tertiary/aromatic N) is 3. The molecule has 0 N–H and O–H groups in total. The van der Waals surface area contributed by atoms with Crippen LogP contribution in [0.2, 0.25) is 0 Å². The second-order valence-electron chi connectivity index (χ2n) is 9.22. The minimum absolute atomic E-state index is 0.301. The SMILES string of the molecule is CCc1nc2sc(C(=O)OC(C)(C)C)cc2c(C)c1OCCN1CCN(CCOC)CC1. The standard InChI is InChI=1S/C24H37N3O4S/c1-7-19-21(30-15-13-27-10-8-26(9-11-27)12-14-29-6)17(2)18-16-20(32-22(18)25-19)23(28)31-24(3,4)5/h16H,7-15H2,1-6H3. The maximum Gasteiger partial charge on any atom is 0.348 e. The highest BCUT2D eigenvalue weighted by Gasteiger charge is 2.23. The summed E-state index contributed by atoms with van der Waals surface area (Å²) >= 11 is 1.39. The van der Waals surface area contributed by atoms with Gasteiger partial charge in [0.15, 0.2) is 0 Å². The zero-order valence-corrected chi connectivity index (χ0v) is 21.1. The highest BCUT2D eigenvalue weighted by atomic mass is 32.1. The van der Waals surface area contributed by atoms with Crippen LogP contribution in [0.3, 0.4) is 0 Å². The van der Waals surface area contributed by atoms with E-state index >= 15 is 0 Å². The minimum atomic E-state index is -0.520. The Morgan fingerprint density at radius 2 is 1.75 bits per heavy atom. The Kier molecular flexibility index (Phi) is 8.49. The van der Waals surface area contributed by atoms with Crippen LogP contribution in [0.4, 0.5) is 0 Å². The summed E-state index contributed by atoms with van der Waals surface area (Å²) in [5.41, 5.74) is 1.47. The van der Waals surface area contributed by atoms with Crippen LogP contribution in [-0.4, -0.2) is 85.9 Å². The second-order valence-corrected chi connectivity index (χ2v) is 10.3. The van der Waals surface area contributed by atoms with Crippen LogP contribution >= 0.6 is 11.3 Å². The van der Waals surface area contributed by atoms with Crippen LogP contribution < -0.4 is 4.74 Å². The Balaban J connectivity index is 1.65. The third-order valence-corrected chi connectivity index (χ3v) is 6.63. The summed E-state index contributed by atoms with van der Waals surface area (Å²) < 4.78 is 17.0. The number of thiophene rings is 1. The van der Waals surface area contributed by atoms with Gasteiger partial charge in [0.1, 0.15) is 27.7 Å². The van der Waals surface area contributed by atoms with Gasteiger partial charge in [-0.25, -0.2) is 9.78 Å². The number of hydrogen-bond acceptors (Lipinski definition) is 8. The van der Waals surface area contributed by atoms with Gasteiger partial charge in [-0.05, 0) is 40.2 Å². The van der Waals surface area contributed by atoms with Crippen LogP contribution in [-0.2, 0) is 15.9 Å². The molecule has 0 saturated carbocycles. The molecule has 0 atom stereocenters. The molecule has 1 fully saturated rings. The number of methoxy groups -OCH3 is 1. The molecule has 32 heavy (non-hydrogen) atoms. The van der Waals surface area contributed by atoms with E-state index in [1.54, 1.807) is 7.11 Å². The van der Waals surface area contributed by atoms with Crippen molar-refractivity contribution in [3.63, 3.8) is 0 Å². The van der Waals surface area contributed by atoms with Crippen molar-refractivity contribution in [1.29, 1.82) is 0 Å². The van der Waals surface area contributed by atoms with E-state index in [9.17, 15) is 4.79 Å². The topological polar surface area (TPSA) is 64.1 Å². The largest absolute Gasteiger partial charge is 0.490 e.